The Morgan fingerprint density at radius 1 is 1.25 bits per heavy atom. The Balaban J connectivity index is 2.26. The van der Waals surface area contributed by atoms with Gasteiger partial charge in [0, 0.05) is 10.6 Å². The number of aromatic nitrogens is 1. The van der Waals surface area contributed by atoms with Crippen LogP contribution in [0.1, 0.15) is 5.56 Å². The average Bonchev–Trinajstić information content (AvgIpc) is 2.95. The smallest absolute Gasteiger partial charge is 0.230 e. The normalized spacial score (nSPS) is 10.9. The highest BCUT2D eigenvalue weighted by molar-refractivity contribution is 7.14. The molecule has 0 radical (unpaired) electrons. The lowest BCUT2D eigenvalue weighted by Crippen LogP contribution is -1.88. The average molecular weight is 325 g/mol. The minimum atomic E-state index is 0.232. The second-order valence-electron chi connectivity index (χ2n) is 4.31. The van der Waals surface area contributed by atoms with Gasteiger partial charge in [0.05, 0.1) is 15.5 Å². The lowest BCUT2D eigenvalue weighted by Gasteiger charge is -2.04. The Morgan fingerprint density at radius 2 is 2.00 bits per heavy atom. The summed E-state index contributed by atoms with van der Waals surface area (Å²) in [5, 5.41) is 7.27. The molecule has 2 heterocycles. The molecule has 6 heteroatoms. The Hall–Kier alpha value is -1.49. The van der Waals surface area contributed by atoms with Crippen molar-refractivity contribution in [2.75, 3.05) is 5.73 Å². The lowest BCUT2D eigenvalue weighted by molar-refractivity contribution is 0.439. The first-order valence-corrected chi connectivity index (χ1v) is 7.47. The van der Waals surface area contributed by atoms with Crippen molar-refractivity contribution in [3.8, 4) is 21.7 Å². The molecular formula is C14H10Cl2N2OS. The van der Waals surface area contributed by atoms with E-state index in [-0.39, 0.29) is 5.88 Å². The molecule has 0 aliphatic rings. The van der Waals surface area contributed by atoms with Crippen molar-refractivity contribution in [1.29, 1.82) is 0 Å². The van der Waals surface area contributed by atoms with Crippen LogP contribution >= 0.6 is 34.5 Å². The van der Waals surface area contributed by atoms with E-state index in [1.807, 2.05) is 30.5 Å². The maximum atomic E-state index is 6.31. The third-order valence-electron chi connectivity index (χ3n) is 2.98. The van der Waals surface area contributed by atoms with E-state index in [0.717, 1.165) is 16.0 Å². The van der Waals surface area contributed by atoms with E-state index >= 15 is 0 Å². The van der Waals surface area contributed by atoms with Gasteiger partial charge in [-0.2, -0.15) is 0 Å². The fourth-order valence-electron chi connectivity index (χ4n) is 1.97. The third kappa shape index (κ3) is 2.10. The SMILES string of the molecule is Cc1csc(-c2noc(N)c2-c2ccccc2Cl)c1Cl. The summed E-state index contributed by atoms with van der Waals surface area (Å²) in [7, 11) is 0. The zero-order valence-corrected chi connectivity index (χ0v) is 12.8. The number of nitrogens with zero attached hydrogens (tertiary/aromatic N) is 1. The quantitative estimate of drug-likeness (QED) is 0.698. The minimum absolute atomic E-state index is 0.232. The van der Waals surface area contributed by atoms with E-state index in [2.05, 4.69) is 5.16 Å². The van der Waals surface area contributed by atoms with Crippen molar-refractivity contribution in [2.24, 2.45) is 0 Å². The second kappa shape index (κ2) is 5.13. The molecule has 0 bridgehead atoms. The molecule has 0 atom stereocenters. The van der Waals surface area contributed by atoms with Crippen LogP contribution < -0.4 is 5.73 Å². The summed E-state index contributed by atoms with van der Waals surface area (Å²) < 4.78 is 5.14. The summed E-state index contributed by atoms with van der Waals surface area (Å²) in [5.41, 5.74) is 8.99. The molecule has 0 aliphatic heterocycles. The molecule has 2 N–H and O–H groups in total. The first-order chi connectivity index (χ1) is 9.59. The van der Waals surface area contributed by atoms with Gasteiger partial charge in [0.15, 0.2) is 0 Å². The Kier molecular flexibility index (Phi) is 3.46. The van der Waals surface area contributed by atoms with Crippen LogP contribution in [-0.2, 0) is 0 Å². The number of nitrogens with two attached hydrogens (primary N) is 1. The number of anilines is 1. The largest absolute Gasteiger partial charge is 0.367 e. The van der Waals surface area contributed by atoms with Crippen LogP contribution in [0.25, 0.3) is 21.7 Å². The molecule has 0 saturated carbocycles. The zero-order chi connectivity index (χ0) is 14.3. The molecule has 3 nitrogen and oxygen atoms in total. The first-order valence-electron chi connectivity index (χ1n) is 5.83. The maximum absolute atomic E-state index is 6.31. The van der Waals surface area contributed by atoms with E-state index in [0.29, 0.717) is 21.3 Å². The molecule has 3 aromatic rings. The van der Waals surface area contributed by atoms with Crippen molar-refractivity contribution in [1.82, 2.24) is 5.16 Å². The van der Waals surface area contributed by atoms with Crippen LogP contribution in [0.3, 0.4) is 0 Å². The molecule has 20 heavy (non-hydrogen) atoms. The second-order valence-corrected chi connectivity index (χ2v) is 5.98. The van der Waals surface area contributed by atoms with Crippen LogP contribution in [0.4, 0.5) is 5.88 Å². The molecule has 0 unspecified atom stereocenters. The van der Waals surface area contributed by atoms with E-state index in [9.17, 15) is 0 Å². The number of thiophene rings is 1. The van der Waals surface area contributed by atoms with E-state index in [1.54, 1.807) is 6.07 Å². The van der Waals surface area contributed by atoms with Gasteiger partial charge in [-0.15, -0.1) is 11.3 Å². The number of nitrogen functional groups attached to an aromatic ring is 1. The fourth-order valence-corrected chi connectivity index (χ4v) is 3.47. The van der Waals surface area contributed by atoms with Crippen LogP contribution in [0.5, 0.6) is 0 Å². The zero-order valence-electron chi connectivity index (χ0n) is 10.5. The van der Waals surface area contributed by atoms with Crippen molar-refractivity contribution in [2.45, 2.75) is 6.92 Å². The predicted octanol–water partition coefficient (Wildman–Crippen LogP) is 5.27. The summed E-state index contributed by atoms with van der Waals surface area (Å²) in [6, 6.07) is 7.42. The van der Waals surface area contributed by atoms with Gasteiger partial charge in [-0.3, -0.25) is 0 Å². The predicted molar refractivity (Wildman–Crippen MR) is 84.4 cm³/mol. The highest BCUT2D eigenvalue weighted by atomic mass is 35.5. The molecule has 0 spiro atoms. The van der Waals surface area contributed by atoms with Gasteiger partial charge in [0.25, 0.3) is 0 Å². The summed E-state index contributed by atoms with van der Waals surface area (Å²) in [4.78, 5) is 0.833. The molecule has 2 aromatic heterocycles. The molecular weight excluding hydrogens is 315 g/mol. The highest BCUT2D eigenvalue weighted by Gasteiger charge is 2.22. The molecule has 0 aliphatic carbocycles. The van der Waals surface area contributed by atoms with Crippen LogP contribution in [0, 0.1) is 6.92 Å². The van der Waals surface area contributed by atoms with Crippen molar-refractivity contribution >= 4 is 40.4 Å². The Bertz CT molecular complexity index is 779. The number of benzene rings is 1. The van der Waals surface area contributed by atoms with E-state index < -0.39 is 0 Å². The third-order valence-corrected chi connectivity index (χ3v) is 5.01. The molecule has 0 fully saturated rings. The van der Waals surface area contributed by atoms with Crippen LogP contribution in [0.2, 0.25) is 10.0 Å². The molecule has 1 aromatic carbocycles. The van der Waals surface area contributed by atoms with Gasteiger partial charge in [-0.25, -0.2) is 0 Å². The first kappa shape index (κ1) is 13.5. The number of rotatable bonds is 2. The monoisotopic (exact) mass is 324 g/mol. The minimum Gasteiger partial charge on any atom is -0.367 e. The number of hydrogen-bond donors (Lipinski definition) is 1. The fraction of sp³-hybridized carbons (Fsp3) is 0.0714. The Labute approximate surface area is 129 Å². The summed E-state index contributed by atoms with van der Waals surface area (Å²) >= 11 is 14.0. The van der Waals surface area contributed by atoms with Crippen LogP contribution in [-0.4, -0.2) is 5.16 Å². The van der Waals surface area contributed by atoms with Crippen LogP contribution in [0.15, 0.2) is 34.2 Å². The summed E-state index contributed by atoms with van der Waals surface area (Å²) in [6.45, 7) is 1.95. The highest BCUT2D eigenvalue weighted by Crippen LogP contribution is 2.44. The summed E-state index contributed by atoms with van der Waals surface area (Å²) in [6.07, 6.45) is 0. The van der Waals surface area contributed by atoms with Gasteiger partial charge < -0.3 is 10.3 Å². The standard InChI is InChI=1S/C14H10Cl2N2OS/c1-7-6-20-13(11(7)16)12-10(14(17)19-18-12)8-4-2-3-5-9(8)15/h2-6H,17H2,1H3. The van der Waals surface area contributed by atoms with Crippen molar-refractivity contribution < 1.29 is 4.52 Å². The number of aryl methyl sites for hydroxylation is 1. The van der Waals surface area contributed by atoms with Crippen molar-refractivity contribution in [3.63, 3.8) is 0 Å². The Morgan fingerprint density at radius 3 is 2.65 bits per heavy atom. The van der Waals surface area contributed by atoms with Gasteiger partial charge in [0.1, 0.15) is 5.69 Å². The van der Waals surface area contributed by atoms with Gasteiger partial charge in [-0.1, -0.05) is 46.6 Å². The number of halogens is 2. The van der Waals surface area contributed by atoms with Gasteiger partial charge in [-0.05, 0) is 23.9 Å². The molecule has 0 saturated heterocycles. The van der Waals surface area contributed by atoms with E-state index in [4.69, 9.17) is 33.5 Å². The van der Waals surface area contributed by atoms with E-state index in [1.165, 1.54) is 11.3 Å². The summed E-state index contributed by atoms with van der Waals surface area (Å²) in [5.74, 6) is 0.232. The maximum Gasteiger partial charge on any atom is 0.230 e. The molecule has 102 valence electrons. The lowest BCUT2D eigenvalue weighted by atomic mass is 10.0. The van der Waals surface area contributed by atoms with Gasteiger partial charge >= 0.3 is 0 Å². The van der Waals surface area contributed by atoms with Crippen molar-refractivity contribution in [3.05, 3.63) is 45.3 Å². The van der Waals surface area contributed by atoms with Gasteiger partial charge in [0.2, 0.25) is 5.88 Å². The topological polar surface area (TPSA) is 52.0 Å². The number of hydrogen-bond acceptors (Lipinski definition) is 4. The molecule has 3 rings (SSSR count). The molecule has 0 amide bonds.